The molecule has 0 radical (unpaired) electrons. The molecule has 11 heavy (non-hydrogen) atoms. The molecule has 1 saturated heterocycles. The van der Waals surface area contributed by atoms with E-state index in [2.05, 4.69) is 5.32 Å². The van der Waals surface area contributed by atoms with Crippen LogP contribution in [0, 0.1) is 0 Å². The molecule has 2 N–H and O–H groups in total. The largest absolute Gasteiger partial charge is 0.381 e. The van der Waals surface area contributed by atoms with E-state index in [4.69, 9.17) is 5.11 Å². The number of aliphatic hydroxyl groups excluding tert-OH is 1. The molecule has 2 heterocycles. The highest BCUT2D eigenvalue weighted by Gasteiger charge is 2.38. The Morgan fingerprint density at radius 2 is 2.45 bits per heavy atom. The van der Waals surface area contributed by atoms with E-state index in [1.54, 1.807) is 0 Å². The van der Waals surface area contributed by atoms with Gasteiger partial charge in [0.05, 0.1) is 6.04 Å². The smallest absolute Gasteiger partial charge is 0.252 e. The number of hydrogen-bond acceptors (Lipinski definition) is 3. The number of rotatable bonds is 1. The number of hydrogen-bond donors (Lipinski definition) is 2. The van der Waals surface area contributed by atoms with Crippen LogP contribution in [0.5, 0.6) is 0 Å². The fraction of sp³-hybridized carbons (Fsp3) is 0.286. The topological polar surface area (TPSA) is 49.3 Å². The fourth-order valence-electron chi connectivity index (χ4n) is 1.07. The number of β-lactam (4-membered cyclic amide) rings is 1. The average Bonchev–Trinajstić information content (AvgIpc) is 2.51. The molecule has 4 heteroatoms. The highest BCUT2D eigenvalue weighted by atomic mass is 32.1. The molecule has 1 aliphatic heterocycles. The van der Waals surface area contributed by atoms with Crippen LogP contribution >= 0.6 is 11.3 Å². The normalized spacial score (nSPS) is 29.4. The zero-order valence-corrected chi connectivity index (χ0v) is 6.47. The Morgan fingerprint density at radius 1 is 1.64 bits per heavy atom. The first-order chi connectivity index (χ1) is 5.29. The Kier molecular flexibility index (Phi) is 1.44. The van der Waals surface area contributed by atoms with Crippen molar-refractivity contribution < 1.29 is 9.90 Å². The van der Waals surface area contributed by atoms with E-state index < -0.39 is 6.10 Å². The first-order valence-electron chi connectivity index (χ1n) is 3.31. The maximum Gasteiger partial charge on any atom is 0.252 e. The maximum atomic E-state index is 10.6. The summed E-state index contributed by atoms with van der Waals surface area (Å²) in [6.45, 7) is 0. The molecule has 0 aliphatic carbocycles. The Labute approximate surface area is 67.7 Å². The molecular formula is C7H7NO2S. The van der Waals surface area contributed by atoms with Crippen molar-refractivity contribution in [3.05, 3.63) is 22.4 Å². The lowest BCUT2D eigenvalue weighted by Crippen LogP contribution is -2.55. The second-order valence-electron chi connectivity index (χ2n) is 2.45. The van der Waals surface area contributed by atoms with Crippen LogP contribution in [-0.2, 0) is 4.79 Å². The third kappa shape index (κ3) is 0.948. The van der Waals surface area contributed by atoms with Gasteiger partial charge in [-0.25, -0.2) is 0 Å². The molecule has 1 aromatic heterocycles. The first kappa shape index (κ1) is 6.82. The summed E-state index contributed by atoms with van der Waals surface area (Å²) in [7, 11) is 0. The van der Waals surface area contributed by atoms with Crippen molar-refractivity contribution in [2.75, 3.05) is 0 Å². The van der Waals surface area contributed by atoms with E-state index in [9.17, 15) is 4.79 Å². The Hall–Kier alpha value is -0.870. The first-order valence-corrected chi connectivity index (χ1v) is 4.19. The van der Waals surface area contributed by atoms with Crippen LogP contribution in [0.2, 0.25) is 0 Å². The van der Waals surface area contributed by atoms with Gasteiger partial charge >= 0.3 is 0 Å². The van der Waals surface area contributed by atoms with Gasteiger partial charge < -0.3 is 10.4 Å². The van der Waals surface area contributed by atoms with Crippen molar-refractivity contribution in [3.63, 3.8) is 0 Å². The van der Waals surface area contributed by atoms with E-state index in [0.717, 1.165) is 4.88 Å². The van der Waals surface area contributed by atoms with Crippen LogP contribution < -0.4 is 5.32 Å². The lowest BCUT2D eigenvalue weighted by atomic mass is 10.0. The summed E-state index contributed by atoms with van der Waals surface area (Å²) < 4.78 is 0. The molecule has 2 rings (SSSR count). The van der Waals surface area contributed by atoms with Crippen molar-refractivity contribution in [3.8, 4) is 0 Å². The minimum absolute atomic E-state index is 0.164. The number of thiophene rings is 1. The number of carbonyl (C=O) groups excluding carboxylic acids is 1. The van der Waals surface area contributed by atoms with Crippen molar-refractivity contribution in [1.82, 2.24) is 5.32 Å². The number of nitrogens with one attached hydrogen (secondary N) is 1. The number of amides is 1. The molecule has 1 amide bonds. The lowest BCUT2D eigenvalue weighted by Gasteiger charge is -2.31. The standard InChI is InChI=1S/C7H7NO2S/c9-6-5(8-7(6)10)4-2-1-3-11-4/h1-3,5-6,9H,(H,8,10). The minimum atomic E-state index is -0.839. The quantitative estimate of drug-likeness (QED) is 0.593. The summed E-state index contributed by atoms with van der Waals surface area (Å²) in [4.78, 5) is 11.6. The molecule has 2 atom stereocenters. The Balaban J connectivity index is 2.15. The third-order valence-corrected chi connectivity index (χ3v) is 2.69. The molecule has 3 nitrogen and oxygen atoms in total. The predicted molar refractivity (Wildman–Crippen MR) is 41.2 cm³/mol. The molecule has 0 saturated carbocycles. The van der Waals surface area contributed by atoms with Crippen LogP contribution in [0.3, 0.4) is 0 Å². The maximum absolute atomic E-state index is 10.6. The monoisotopic (exact) mass is 169 g/mol. The van der Waals surface area contributed by atoms with E-state index in [1.165, 1.54) is 11.3 Å². The molecule has 1 aromatic rings. The summed E-state index contributed by atoms with van der Waals surface area (Å²) in [5, 5.41) is 13.7. The number of carbonyl (C=O) groups is 1. The highest BCUT2D eigenvalue weighted by Crippen LogP contribution is 2.27. The van der Waals surface area contributed by atoms with Gasteiger partial charge in [-0.2, -0.15) is 0 Å². The van der Waals surface area contributed by atoms with Gasteiger partial charge in [0, 0.05) is 4.88 Å². The second kappa shape index (κ2) is 2.32. The van der Waals surface area contributed by atoms with E-state index >= 15 is 0 Å². The molecule has 1 aliphatic rings. The molecule has 2 unspecified atom stereocenters. The molecule has 58 valence electrons. The Bertz CT molecular complexity index is 270. The second-order valence-corrected chi connectivity index (χ2v) is 3.43. The van der Waals surface area contributed by atoms with Crippen LogP contribution in [-0.4, -0.2) is 17.1 Å². The summed E-state index contributed by atoms with van der Waals surface area (Å²) >= 11 is 1.54. The number of aliphatic hydroxyl groups is 1. The van der Waals surface area contributed by atoms with Crippen molar-refractivity contribution in [1.29, 1.82) is 0 Å². The van der Waals surface area contributed by atoms with Crippen molar-refractivity contribution in [2.24, 2.45) is 0 Å². The molecule has 1 fully saturated rings. The fourth-order valence-corrected chi connectivity index (χ4v) is 1.87. The average molecular weight is 169 g/mol. The summed E-state index contributed by atoms with van der Waals surface area (Å²) in [6.07, 6.45) is -0.839. The van der Waals surface area contributed by atoms with Gasteiger partial charge in [-0.1, -0.05) is 6.07 Å². The zero-order valence-electron chi connectivity index (χ0n) is 5.65. The molecular weight excluding hydrogens is 162 g/mol. The van der Waals surface area contributed by atoms with E-state index in [0.29, 0.717) is 0 Å². The Morgan fingerprint density at radius 3 is 2.91 bits per heavy atom. The predicted octanol–water partition coefficient (Wildman–Crippen LogP) is 0.280. The van der Waals surface area contributed by atoms with E-state index in [-0.39, 0.29) is 11.9 Å². The zero-order chi connectivity index (χ0) is 7.84. The highest BCUT2D eigenvalue weighted by molar-refractivity contribution is 7.10. The lowest BCUT2D eigenvalue weighted by molar-refractivity contribution is -0.142. The summed E-state index contributed by atoms with van der Waals surface area (Å²) in [5.74, 6) is -0.275. The summed E-state index contributed by atoms with van der Waals surface area (Å²) in [5.41, 5.74) is 0. The van der Waals surface area contributed by atoms with Gasteiger partial charge in [0.1, 0.15) is 0 Å². The van der Waals surface area contributed by atoms with Crippen molar-refractivity contribution >= 4 is 17.2 Å². The van der Waals surface area contributed by atoms with Crippen LogP contribution in [0.1, 0.15) is 10.9 Å². The minimum Gasteiger partial charge on any atom is -0.381 e. The van der Waals surface area contributed by atoms with Gasteiger partial charge in [0.25, 0.3) is 5.91 Å². The van der Waals surface area contributed by atoms with E-state index in [1.807, 2.05) is 17.5 Å². The van der Waals surface area contributed by atoms with Gasteiger partial charge in [-0.3, -0.25) is 4.79 Å². The van der Waals surface area contributed by atoms with Crippen LogP contribution in [0.15, 0.2) is 17.5 Å². The SMILES string of the molecule is O=C1NC(c2cccs2)C1O. The van der Waals surface area contributed by atoms with Crippen LogP contribution in [0.4, 0.5) is 0 Å². The van der Waals surface area contributed by atoms with Crippen molar-refractivity contribution in [2.45, 2.75) is 12.1 Å². The van der Waals surface area contributed by atoms with Gasteiger partial charge in [-0.05, 0) is 11.4 Å². The molecule has 0 aromatic carbocycles. The van der Waals surface area contributed by atoms with Gasteiger partial charge in [-0.15, -0.1) is 11.3 Å². The van der Waals surface area contributed by atoms with Crippen LogP contribution in [0.25, 0.3) is 0 Å². The van der Waals surface area contributed by atoms with Gasteiger partial charge in [0.15, 0.2) is 6.10 Å². The third-order valence-electron chi connectivity index (χ3n) is 1.73. The molecule has 0 spiro atoms. The summed E-state index contributed by atoms with van der Waals surface area (Å²) in [6, 6.07) is 3.64. The molecule has 0 bridgehead atoms. The van der Waals surface area contributed by atoms with Gasteiger partial charge in [0.2, 0.25) is 0 Å².